The summed E-state index contributed by atoms with van der Waals surface area (Å²) in [5, 5.41) is 0. The number of hydrogen-bond acceptors (Lipinski definition) is 6. The number of nitrogens with zero attached hydrogens (tertiary/aromatic N) is 1. The van der Waals surface area contributed by atoms with Gasteiger partial charge in [0.2, 0.25) is 0 Å². The van der Waals surface area contributed by atoms with Gasteiger partial charge in [-0.2, -0.15) is 0 Å². The number of esters is 2. The minimum atomic E-state index is -0.811. The minimum absolute atomic E-state index is 0.0650. The Bertz CT molecular complexity index is 640. The summed E-state index contributed by atoms with van der Waals surface area (Å²) in [5.41, 5.74) is 1.19. The zero-order valence-electron chi connectivity index (χ0n) is 13.6. The molecule has 0 bridgehead atoms. The molecule has 1 amide bonds. The third kappa shape index (κ3) is 4.13. The van der Waals surface area contributed by atoms with E-state index in [0.717, 1.165) is 10.5 Å². The van der Waals surface area contributed by atoms with Gasteiger partial charge in [0.05, 0.1) is 14.2 Å². The van der Waals surface area contributed by atoms with E-state index in [2.05, 4.69) is 4.74 Å². The van der Waals surface area contributed by atoms with Crippen LogP contribution in [0.1, 0.15) is 18.4 Å². The monoisotopic (exact) mass is 333 g/mol. The van der Waals surface area contributed by atoms with E-state index in [1.807, 2.05) is 30.3 Å². The molecule has 128 valence electrons. The number of amides is 1. The van der Waals surface area contributed by atoms with Gasteiger partial charge in [-0.1, -0.05) is 30.3 Å². The van der Waals surface area contributed by atoms with Crippen molar-refractivity contribution in [2.24, 2.45) is 0 Å². The normalized spacial score (nSPS) is 18.3. The molecular weight excluding hydrogens is 314 g/mol. The van der Waals surface area contributed by atoms with Gasteiger partial charge in [-0.25, -0.2) is 14.4 Å². The first-order valence-electron chi connectivity index (χ1n) is 7.43. The van der Waals surface area contributed by atoms with Crippen LogP contribution in [0.4, 0.5) is 4.79 Å². The fourth-order valence-corrected chi connectivity index (χ4v) is 2.46. The second-order valence-corrected chi connectivity index (χ2v) is 5.15. The average molecular weight is 333 g/mol. The summed E-state index contributed by atoms with van der Waals surface area (Å²) >= 11 is 0. The van der Waals surface area contributed by atoms with Crippen LogP contribution in [0.25, 0.3) is 0 Å². The molecule has 1 saturated heterocycles. The van der Waals surface area contributed by atoms with E-state index in [9.17, 15) is 14.4 Å². The zero-order valence-corrected chi connectivity index (χ0v) is 13.6. The molecule has 7 heteroatoms. The Kier molecular flexibility index (Phi) is 5.95. The van der Waals surface area contributed by atoms with Crippen LogP contribution < -0.4 is 0 Å². The number of likely N-dealkylation sites (tertiary alicyclic amines) is 1. The first kappa shape index (κ1) is 17.5. The molecule has 0 N–H and O–H groups in total. The Morgan fingerprint density at radius 2 is 1.88 bits per heavy atom. The van der Waals surface area contributed by atoms with Crippen LogP contribution in [0.2, 0.25) is 0 Å². The molecule has 7 nitrogen and oxygen atoms in total. The number of methoxy groups -OCH3 is 2. The zero-order chi connectivity index (χ0) is 17.5. The molecule has 1 aromatic rings. The first-order valence-corrected chi connectivity index (χ1v) is 7.43. The van der Waals surface area contributed by atoms with E-state index < -0.39 is 24.1 Å². The topological polar surface area (TPSA) is 82.1 Å². The molecule has 1 aliphatic heterocycles. The highest BCUT2D eigenvalue weighted by atomic mass is 16.6. The maximum atomic E-state index is 12.4. The molecule has 0 unspecified atom stereocenters. The number of carbonyl (C=O) groups excluding carboxylic acids is 3. The van der Waals surface area contributed by atoms with Crippen LogP contribution in [0, 0.1) is 0 Å². The second-order valence-electron chi connectivity index (χ2n) is 5.15. The molecule has 24 heavy (non-hydrogen) atoms. The van der Waals surface area contributed by atoms with E-state index in [4.69, 9.17) is 9.47 Å². The van der Waals surface area contributed by atoms with Gasteiger partial charge < -0.3 is 14.2 Å². The van der Waals surface area contributed by atoms with Crippen molar-refractivity contribution >= 4 is 18.0 Å². The standard InChI is InChI=1S/C17H19NO6/c1-22-15(19)10-13-8-9-14(16(20)23-2)18(13)17(21)24-11-12-6-4-3-5-7-12/h3-7,10,14H,8-9,11H2,1-2H3/b13-10+/t14-/m0/s1. The first-order chi connectivity index (χ1) is 11.6. The number of rotatable bonds is 4. The molecule has 2 rings (SSSR count). The maximum absolute atomic E-state index is 12.4. The molecule has 0 radical (unpaired) electrons. The largest absolute Gasteiger partial charge is 0.467 e. The number of hydrogen-bond donors (Lipinski definition) is 0. The smallest absolute Gasteiger partial charge is 0.415 e. The summed E-state index contributed by atoms with van der Waals surface area (Å²) in [4.78, 5) is 36.9. The lowest BCUT2D eigenvalue weighted by Crippen LogP contribution is -2.40. The van der Waals surface area contributed by atoms with Crippen molar-refractivity contribution in [2.75, 3.05) is 14.2 Å². The van der Waals surface area contributed by atoms with Crippen LogP contribution in [0.15, 0.2) is 42.1 Å². The second kappa shape index (κ2) is 8.14. The number of ether oxygens (including phenoxy) is 3. The van der Waals surface area contributed by atoms with E-state index >= 15 is 0 Å². The average Bonchev–Trinajstić information content (AvgIpc) is 3.03. The lowest BCUT2D eigenvalue weighted by Gasteiger charge is -2.23. The van der Waals surface area contributed by atoms with Crippen molar-refractivity contribution in [1.82, 2.24) is 4.90 Å². The fourth-order valence-electron chi connectivity index (χ4n) is 2.46. The van der Waals surface area contributed by atoms with Gasteiger partial charge in [-0.3, -0.25) is 4.90 Å². The highest BCUT2D eigenvalue weighted by Gasteiger charge is 2.39. The Labute approximate surface area is 139 Å². The van der Waals surface area contributed by atoms with Crippen LogP contribution in [-0.2, 0) is 30.4 Å². The summed E-state index contributed by atoms with van der Waals surface area (Å²) in [5.74, 6) is -1.16. The van der Waals surface area contributed by atoms with E-state index in [1.165, 1.54) is 20.3 Å². The number of benzene rings is 1. The number of carbonyl (C=O) groups is 3. The third-order valence-corrected chi connectivity index (χ3v) is 3.66. The molecular formula is C17H19NO6. The van der Waals surface area contributed by atoms with Gasteiger partial charge in [0.1, 0.15) is 12.6 Å². The van der Waals surface area contributed by atoms with Crippen molar-refractivity contribution in [3.8, 4) is 0 Å². The van der Waals surface area contributed by atoms with Crippen molar-refractivity contribution in [1.29, 1.82) is 0 Å². The van der Waals surface area contributed by atoms with Crippen LogP contribution in [0.3, 0.4) is 0 Å². The molecule has 1 aromatic carbocycles. The Hall–Kier alpha value is -2.83. The Balaban J connectivity index is 2.15. The quantitative estimate of drug-likeness (QED) is 0.476. The van der Waals surface area contributed by atoms with Gasteiger partial charge in [-0.15, -0.1) is 0 Å². The molecule has 1 fully saturated rings. The SMILES string of the molecule is COC(=O)/C=C1\CC[C@@H](C(=O)OC)N1C(=O)OCc1ccccc1. The number of allylic oxidation sites excluding steroid dienone is 1. The summed E-state index contributed by atoms with van der Waals surface area (Å²) in [7, 11) is 2.49. The van der Waals surface area contributed by atoms with Gasteiger partial charge >= 0.3 is 18.0 Å². The molecule has 1 heterocycles. The molecule has 0 spiro atoms. The summed E-state index contributed by atoms with van der Waals surface area (Å²) < 4.78 is 14.6. The van der Waals surface area contributed by atoms with Crippen LogP contribution >= 0.6 is 0 Å². The maximum Gasteiger partial charge on any atom is 0.415 e. The summed E-state index contributed by atoms with van der Waals surface area (Å²) in [6, 6.07) is 8.35. The summed E-state index contributed by atoms with van der Waals surface area (Å²) in [6.07, 6.45) is 1.21. The molecule has 0 saturated carbocycles. The molecule has 0 aromatic heterocycles. The van der Waals surface area contributed by atoms with E-state index in [1.54, 1.807) is 0 Å². The summed E-state index contributed by atoms with van der Waals surface area (Å²) in [6.45, 7) is 0.0650. The fraction of sp³-hybridized carbons (Fsp3) is 0.353. The van der Waals surface area contributed by atoms with Crippen molar-refractivity contribution in [3.05, 3.63) is 47.7 Å². The highest BCUT2D eigenvalue weighted by molar-refractivity contribution is 5.87. The lowest BCUT2D eigenvalue weighted by molar-refractivity contribution is -0.145. The van der Waals surface area contributed by atoms with Gasteiger partial charge in [-0.05, 0) is 18.4 Å². The van der Waals surface area contributed by atoms with Crippen LogP contribution in [-0.4, -0.2) is 43.2 Å². The highest BCUT2D eigenvalue weighted by Crippen LogP contribution is 2.29. The third-order valence-electron chi connectivity index (χ3n) is 3.66. The van der Waals surface area contributed by atoms with E-state index in [-0.39, 0.29) is 6.61 Å². The predicted octanol–water partition coefficient (Wildman–Crippen LogP) is 2.02. The van der Waals surface area contributed by atoms with Crippen LogP contribution in [0.5, 0.6) is 0 Å². The van der Waals surface area contributed by atoms with E-state index in [0.29, 0.717) is 18.5 Å². The molecule has 0 aliphatic carbocycles. The van der Waals surface area contributed by atoms with Gasteiger partial charge in [0.15, 0.2) is 0 Å². The predicted molar refractivity (Wildman–Crippen MR) is 83.6 cm³/mol. The van der Waals surface area contributed by atoms with Crippen molar-refractivity contribution < 1.29 is 28.6 Å². The Morgan fingerprint density at radius 3 is 2.50 bits per heavy atom. The van der Waals surface area contributed by atoms with Crippen molar-refractivity contribution in [3.63, 3.8) is 0 Å². The van der Waals surface area contributed by atoms with Gasteiger partial charge in [0, 0.05) is 11.8 Å². The Morgan fingerprint density at radius 1 is 1.17 bits per heavy atom. The van der Waals surface area contributed by atoms with Crippen molar-refractivity contribution in [2.45, 2.75) is 25.5 Å². The molecule has 1 aliphatic rings. The minimum Gasteiger partial charge on any atom is -0.467 e. The lowest BCUT2D eigenvalue weighted by atomic mass is 10.2. The van der Waals surface area contributed by atoms with Gasteiger partial charge in [0.25, 0.3) is 0 Å². The molecule has 1 atom stereocenters.